The maximum Gasteiger partial charge on any atom is 0.194 e. The number of allylic oxidation sites excluding steroid dienone is 1. The van der Waals surface area contributed by atoms with Crippen LogP contribution in [0.2, 0.25) is 0 Å². The fourth-order valence-corrected chi connectivity index (χ4v) is 4.37. The smallest absolute Gasteiger partial charge is 0.194 e. The first kappa shape index (κ1) is 17.6. The summed E-state index contributed by atoms with van der Waals surface area (Å²) >= 11 is 0. The van der Waals surface area contributed by atoms with Gasteiger partial charge in [-0.1, -0.05) is 54.1 Å². The number of hydrogen-bond acceptors (Lipinski definition) is 4. The maximum absolute atomic E-state index is 13.1. The molecular weight excluding hydrogens is 360 g/mol. The van der Waals surface area contributed by atoms with Gasteiger partial charge in [0.05, 0.1) is 16.9 Å². The van der Waals surface area contributed by atoms with Crippen molar-refractivity contribution in [3.05, 3.63) is 101 Å². The van der Waals surface area contributed by atoms with Gasteiger partial charge in [-0.3, -0.25) is 4.79 Å². The zero-order chi connectivity index (χ0) is 20.0. The number of benzene rings is 3. The Labute approximate surface area is 170 Å². The fraction of sp³-hybridized carbons (Fsp3) is 0.160. The Kier molecular flexibility index (Phi) is 3.95. The number of nitrogens with one attached hydrogen (secondary N) is 1. The lowest BCUT2D eigenvalue weighted by Crippen LogP contribution is -2.48. The predicted octanol–water partition coefficient (Wildman–Crippen LogP) is 5.35. The molecule has 5 rings (SSSR count). The molecular formula is C25H22N2O2. The average molecular weight is 382 g/mol. The van der Waals surface area contributed by atoms with Crippen molar-refractivity contribution in [2.75, 3.05) is 10.2 Å². The van der Waals surface area contributed by atoms with Crippen LogP contribution >= 0.6 is 0 Å². The highest BCUT2D eigenvalue weighted by molar-refractivity contribution is 6.11. The van der Waals surface area contributed by atoms with Crippen molar-refractivity contribution in [2.24, 2.45) is 0 Å². The second-order valence-corrected chi connectivity index (χ2v) is 7.74. The van der Waals surface area contributed by atoms with Gasteiger partial charge in [-0.2, -0.15) is 0 Å². The normalized spacial score (nSPS) is 19.8. The van der Waals surface area contributed by atoms with Crippen molar-refractivity contribution in [1.82, 2.24) is 0 Å². The van der Waals surface area contributed by atoms with Gasteiger partial charge in [0.1, 0.15) is 11.4 Å². The molecule has 3 aromatic carbocycles. The van der Waals surface area contributed by atoms with E-state index in [1.165, 1.54) is 11.1 Å². The van der Waals surface area contributed by atoms with Crippen LogP contribution in [-0.2, 0) is 5.66 Å². The molecule has 0 radical (unpaired) electrons. The molecule has 2 aliphatic heterocycles. The zero-order valence-corrected chi connectivity index (χ0v) is 16.2. The standard InChI is InChI=1S/C25H22N2O2/c1-17-10-12-19(13-11-17)25-15-14-18(24(29)20-6-2-5-9-23(20)28)16-27(25)22-8-4-3-7-21(22)26-25/h2-13,16,26,28H,14-15H2,1H3. The van der Waals surface area contributed by atoms with Gasteiger partial charge >= 0.3 is 0 Å². The molecule has 3 aromatic rings. The number of aryl methyl sites for hydroxylation is 1. The Hall–Kier alpha value is -3.53. The van der Waals surface area contributed by atoms with E-state index >= 15 is 0 Å². The molecule has 4 nitrogen and oxygen atoms in total. The molecule has 0 spiro atoms. The average Bonchev–Trinajstić information content (AvgIpc) is 3.09. The van der Waals surface area contributed by atoms with Gasteiger partial charge in [-0.25, -0.2) is 0 Å². The van der Waals surface area contributed by atoms with E-state index in [9.17, 15) is 9.90 Å². The summed E-state index contributed by atoms with van der Waals surface area (Å²) in [6.07, 6.45) is 3.32. The Morgan fingerprint density at radius 2 is 1.72 bits per heavy atom. The molecule has 1 atom stereocenters. The topological polar surface area (TPSA) is 52.6 Å². The van der Waals surface area contributed by atoms with Crippen molar-refractivity contribution in [2.45, 2.75) is 25.4 Å². The minimum atomic E-state index is -0.417. The third kappa shape index (κ3) is 2.71. The van der Waals surface area contributed by atoms with Crippen LogP contribution in [0.1, 0.15) is 34.3 Å². The molecule has 4 heteroatoms. The van der Waals surface area contributed by atoms with Crippen LogP contribution in [0.15, 0.2) is 84.6 Å². The van der Waals surface area contributed by atoms with Crippen molar-refractivity contribution in [1.29, 1.82) is 0 Å². The number of phenols is 1. The SMILES string of the molecule is Cc1ccc(C23CCC(C(=O)c4ccccc4O)=CN2c2ccccc2N3)cc1. The minimum Gasteiger partial charge on any atom is -0.507 e. The molecule has 0 saturated carbocycles. The summed E-state index contributed by atoms with van der Waals surface area (Å²) in [5.41, 5.74) is 5.13. The van der Waals surface area contributed by atoms with Crippen LogP contribution in [0.25, 0.3) is 0 Å². The van der Waals surface area contributed by atoms with E-state index in [0.717, 1.165) is 17.8 Å². The zero-order valence-electron chi connectivity index (χ0n) is 16.2. The summed E-state index contributed by atoms with van der Waals surface area (Å²) in [5.74, 6) is -0.0984. The largest absolute Gasteiger partial charge is 0.507 e. The van der Waals surface area contributed by atoms with E-state index in [1.807, 2.05) is 18.3 Å². The number of Topliss-reactive ketones (excluding diaryl/α,β-unsaturated/α-hetero) is 1. The molecule has 0 aromatic heterocycles. The second-order valence-electron chi connectivity index (χ2n) is 7.74. The number of fused-ring (bicyclic) bond motifs is 3. The van der Waals surface area contributed by atoms with Crippen molar-refractivity contribution < 1.29 is 9.90 Å². The summed E-state index contributed by atoms with van der Waals surface area (Å²) < 4.78 is 0. The first-order chi connectivity index (χ1) is 14.1. The van der Waals surface area contributed by atoms with E-state index in [0.29, 0.717) is 17.6 Å². The van der Waals surface area contributed by atoms with E-state index < -0.39 is 5.66 Å². The highest BCUT2D eigenvalue weighted by atomic mass is 16.3. The number of ketones is 1. The molecule has 0 fully saturated rings. The maximum atomic E-state index is 13.1. The number of hydrogen-bond donors (Lipinski definition) is 2. The molecule has 2 N–H and O–H groups in total. The van der Waals surface area contributed by atoms with Crippen LogP contribution in [0.4, 0.5) is 11.4 Å². The van der Waals surface area contributed by atoms with Gasteiger partial charge in [0.25, 0.3) is 0 Å². The molecule has 29 heavy (non-hydrogen) atoms. The van der Waals surface area contributed by atoms with E-state index in [1.54, 1.807) is 24.3 Å². The molecule has 0 saturated heterocycles. The van der Waals surface area contributed by atoms with Gasteiger partial charge in [-0.15, -0.1) is 0 Å². The third-order valence-corrected chi connectivity index (χ3v) is 5.93. The molecule has 144 valence electrons. The van der Waals surface area contributed by atoms with Crippen LogP contribution in [-0.4, -0.2) is 10.9 Å². The minimum absolute atomic E-state index is 0.0220. The van der Waals surface area contributed by atoms with Gasteiger partial charge in [-0.05, 0) is 49.6 Å². The lowest BCUT2D eigenvalue weighted by molar-refractivity contribution is 0.102. The number of para-hydroxylation sites is 3. The lowest BCUT2D eigenvalue weighted by Gasteiger charge is -2.42. The van der Waals surface area contributed by atoms with Gasteiger partial charge in [0.2, 0.25) is 0 Å². The molecule has 0 aliphatic carbocycles. The Bertz CT molecular complexity index is 1130. The van der Waals surface area contributed by atoms with E-state index in [4.69, 9.17) is 0 Å². The van der Waals surface area contributed by atoms with Crippen LogP contribution < -0.4 is 10.2 Å². The van der Waals surface area contributed by atoms with Gasteiger partial charge in [0.15, 0.2) is 5.78 Å². The summed E-state index contributed by atoms with van der Waals surface area (Å²) in [7, 11) is 0. The summed E-state index contributed by atoms with van der Waals surface area (Å²) in [4.78, 5) is 15.3. The molecule has 2 heterocycles. The van der Waals surface area contributed by atoms with Crippen molar-refractivity contribution >= 4 is 17.2 Å². The van der Waals surface area contributed by atoms with Crippen LogP contribution in [0, 0.1) is 6.92 Å². The van der Waals surface area contributed by atoms with Crippen molar-refractivity contribution in [3.8, 4) is 5.75 Å². The van der Waals surface area contributed by atoms with Crippen LogP contribution in [0.5, 0.6) is 5.75 Å². The third-order valence-electron chi connectivity index (χ3n) is 5.93. The summed E-state index contributed by atoms with van der Waals surface area (Å²) in [6, 6.07) is 23.5. The first-order valence-corrected chi connectivity index (χ1v) is 9.85. The second kappa shape index (κ2) is 6.52. The van der Waals surface area contributed by atoms with Crippen LogP contribution in [0.3, 0.4) is 0 Å². The highest BCUT2D eigenvalue weighted by Gasteiger charge is 2.46. The summed E-state index contributed by atoms with van der Waals surface area (Å²) in [6.45, 7) is 2.08. The van der Waals surface area contributed by atoms with Gasteiger partial charge < -0.3 is 15.3 Å². The molecule has 0 bridgehead atoms. The molecule has 0 amide bonds. The quantitative estimate of drug-likeness (QED) is 0.600. The lowest BCUT2D eigenvalue weighted by atomic mass is 9.86. The molecule has 2 aliphatic rings. The Balaban J connectivity index is 1.62. The monoisotopic (exact) mass is 382 g/mol. The Morgan fingerprint density at radius 1 is 1.00 bits per heavy atom. The van der Waals surface area contributed by atoms with E-state index in [2.05, 4.69) is 53.5 Å². The summed E-state index contributed by atoms with van der Waals surface area (Å²) in [5, 5.41) is 13.9. The van der Waals surface area contributed by atoms with E-state index in [-0.39, 0.29) is 11.5 Å². The number of nitrogens with zero attached hydrogens (tertiary/aromatic N) is 1. The number of carbonyl (C=O) groups excluding carboxylic acids is 1. The number of aromatic hydroxyl groups is 1. The Morgan fingerprint density at radius 3 is 2.52 bits per heavy atom. The highest BCUT2D eigenvalue weighted by Crippen LogP contribution is 2.50. The number of carbonyl (C=O) groups is 1. The number of rotatable bonds is 3. The first-order valence-electron chi connectivity index (χ1n) is 9.85. The number of anilines is 2. The number of phenolic OH excluding ortho intramolecular Hbond substituents is 1. The van der Waals surface area contributed by atoms with Crippen molar-refractivity contribution in [3.63, 3.8) is 0 Å². The molecule has 1 unspecified atom stereocenters. The predicted molar refractivity (Wildman–Crippen MR) is 115 cm³/mol. The fourth-order valence-electron chi connectivity index (χ4n) is 4.37. The van der Waals surface area contributed by atoms with Gasteiger partial charge in [0, 0.05) is 11.8 Å².